The predicted molar refractivity (Wildman–Crippen MR) is 74.2 cm³/mol. The first-order valence-electron chi connectivity index (χ1n) is 6.60. The molecule has 5 nitrogen and oxygen atoms in total. The SMILES string of the molecule is NS(=O)(=O)c1ccc(NCC2CCC(O)CC2)c(F)c1. The van der Waals surface area contributed by atoms with Gasteiger partial charge in [0.25, 0.3) is 0 Å². The Morgan fingerprint density at radius 1 is 1.30 bits per heavy atom. The first kappa shape index (κ1) is 15.2. The fourth-order valence-corrected chi connectivity index (χ4v) is 2.94. The van der Waals surface area contributed by atoms with Gasteiger partial charge >= 0.3 is 0 Å². The summed E-state index contributed by atoms with van der Waals surface area (Å²) in [7, 11) is -3.88. The second kappa shape index (κ2) is 6.07. The summed E-state index contributed by atoms with van der Waals surface area (Å²) < 4.78 is 36.0. The minimum atomic E-state index is -3.88. The van der Waals surface area contributed by atoms with E-state index in [-0.39, 0.29) is 16.7 Å². The third-order valence-electron chi connectivity index (χ3n) is 3.67. The molecule has 0 spiro atoms. The average molecular weight is 302 g/mol. The summed E-state index contributed by atoms with van der Waals surface area (Å²) in [6.45, 7) is 0.609. The minimum absolute atomic E-state index is 0.211. The number of benzene rings is 1. The molecule has 4 N–H and O–H groups in total. The zero-order chi connectivity index (χ0) is 14.8. The van der Waals surface area contributed by atoms with Crippen molar-refractivity contribution >= 4 is 15.7 Å². The molecule has 1 aliphatic carbocycles. The maximum Gasteiger partial charge on any atom is 0.238 e. The van der Waals surface area contributed by atoms with E-state index in [1.807, 2.05) is 0 Å². The Morgan fingerprint density at radius 2 is 1.95 bits per heavy atom. The second-order valence-electron chi connectivity index (χ2n) is 5.24. The number of hydrogen-bond acceptors (Lipinski definition) is 4. The molecule has 0 unspecified atom stereocenters. The van der Waals surface area contributed by atoms with Gasteiger partial charge in [-0.05, 0) is 49.8 Å². The quantitative estimate of drug-likeness (QED) is 0.784. The first-order chi connectivity index (χ1) is 9.36. The van der Waals surface area contributed by atoms with Gasteiger partial charge in [0, 0.05) is 6.54 Å². The van der Waals surface area contributed by atoms with Crippen LogP contribution in [0.3, 0.4) is 0 Å². The van der Waals surface area contributed by atoms with Crippen LogP contribution in [0, 0.1) is 11.7 Å². The fraction of sp³-hybridized carbons (Fsp3) is 0.538. The highest BCUT2D eigenvalue weighted by atomic mass is 32.2. The Labute approximate surface area is 118 Å². The topological polar surface area (TPSA) is 92.4 Å². The largest absolute Gasteiger partial charge is 0.393 e. The lowest BCUT2D eigenvalue weighted by molar-refractivity contribution is 0.111. The van der Waals surface area contributed by atoms with Crippen LogP contribution < -0.4 is 10.5 Å². The van der Waals surface area contributed by atoms with Gasteiger partial charge in [-0.25, -0.2) is 17.9 Å². The van der Waals surface area contributed by atoms with Crippen molar-refractivity contribution in [1.82, 2.24) is 0 Å². The molecule has 0 atom stereocenters. The number of hydrogen-bond donors (Lipinski definition) is 3. The molecule has 20 heavy (non-hydrogen) atoms. The van der Waals surface area contributed by atoms with Crippen molar-refractivity contribution in [3.63, 3.8) is 0 Å². The van der Waals surface area contributed by atoms with Crippen LogP contribution in [0.2, 0.25) is 0 Å². The van der Waals surface area contributed by atoms with Gasteiger partial charge < -0.3 is 10.4 Å². The lowest BCUT2D eigenvalue weighted by Gasteiger charge is -2.25. The monoisotopic (exact) mass is 302 g/mol. The van der Waals surface area contributed by atoms with Gasteiger partial charge in [-0.3, -0.25) is 0 Å². The van der Waals surface area contributed by atoms with E-state index in [1.165, 1.54) is 12.1 Å². The summed E-state index contributed by atoms with van der Waals surface area (Å²) in [5.41, 5.74) is 0.267. The van der Waals surface area contributed by atoms with Crippen LogP contribution in [0.4, 0.5) is 10.1 Å². The molecule has 1 saturated carbocycles. The molecule has 1 fully saturated rings. The summed E-state index contributed by atoms with van der Waals surface area (Å²) in [5.74, 6) is -0.233. The number of halogens is 1. The van der Waals surface area contributed by atoms with Crippen LogP contribution in [-0.2, 0) is 10.0 Å². The Kier molecular flexibility index (Phi) is 4.62. The molecule has 2 rings (SSSR count). The number of anilines is 1. The van der Waals surface area contributed by atoms with Gasteiger partial charge in [0.1, 0.15) is 5.82 Å². The van der Waals surface area contributed by atoms with Gasteiger partial charge in [0.15, 0.2) is 0 Å². The van der Waals surface area contributed by atoms with Crippen molar-refractivity contribution in [2.45, 2.75) is 36.7 Å². The standard InChI is InChI=1S/C13H19FN2O3S/c14-12-7-11(20(15,18)19)5-6-13(12)16-8-9-1-3-10(17)4-2-9/h5-7,9-10,16-17H,1-4,8H2,(H2,15,18,19). The molecule has 0 aliphatic heterocycles. The Balaban J connectivity index is 1.97. The smallest absolute Gasteiger partial charge is 0.238 e. The Morgan fingerprint density at radius 3 is 2.50 bits per heavy atom. The van der Waals surface area contributed by atoms with E-state index >= 15 is 0 Å². The van der Waals surface area contributed by atoms with Crippen LogP contribution in [0.5, 0.6) is 0 Å². The van der Waals surface area contributed by atoms with E-state index in [9.17, 15) is 17.9 Å². The van der Waals surface area contributed by atoms with E-state index < -0.39 is 15.8 Å². The van der Waals surface area contributed by atoms with Crippen LogP contribution >= 0.6 is 0 Å². The highest BCUT2D eigenvalue weighted by Gasteiger charge is 2.19. The lowest BCUT2D eigenvalue weighted by Crippen LogP contribution is -2.23. The van der Waals surface area contributed by atoms with Gasteiger partial charge in [0.05, 0.1) is 16.7 Å². The third-order valence-corrected chi connectivity index (χ3v) is 4.58. The molecule has 112 valence electrons. The average Bonchev–Trinajstić information content (AvgIpc) is 2.38. The Bertz CT molecular complexity index is 569. The summed E-state index contributed by atoms with van der Waals surface area (Å²) in [5, 5.41) is 17.3. The molecule has 0 saturated heterocycles. The molecule has 0 heterocycles. The normalized spacial score (nSPS) is 23.6. The highest BCUT2D eigenvalue weighted by Crippen LogP contribution is 2.25. The van der Waals surface area contributed by atoms with Crippen molar-refractivity contribution in [2.75, 3.05) is 11.9 Å². The number of sulfonamides is 1. The van der Waals surface area contributed by atoms with Gasteiger partial charge in [0.2, 0.25) is 10.0 Å². The van der Waals surface area contributed by atoms with Crippen LogP contribution in [0.25, 0.3) is 0 Å². The Hall–Kier alpha value is -1.18. The van der Waals surface area contributed by atoms with E-state index in [1.54, 1.807) is 0 Å². The molecule has 1 aromatic carbocycles. The fourth-order valence-electron chi connectivity index (χ4n) is 2.42. The zero-order valence-electron chi connectivity index (χ0n) is 11.0. The number of nitrogens with two attached hydrogens (primary N) is 1. The maximum atomic E-state index is 13.8. The van der Waals surface area contributed by atoms with Gasteiger partial charge in [-0.2, -0.15) is 0 Å². The molecular formula is C13H19FN2O3S. The highest BCUT2D eigenvalue weighted by molar-refractivity contribution is 7.89. The lowest BCUT2D eigenvalue weighted by atomic mass is 9.87. The van der Waals surface area contributed by atoms with Gasteiger partial charge in [-0.1, -0.05) is 0 Å². The van der Waals surface area contributed by atoms with Crippen molar-refractivity contribution in [2.24, 2.45) is 11.1 Å². The number of rotatable bonds is 4. The van der Waals surface area contributed by atoms with Crippen molar-refractivity contribution in [3.05, 3.63) is 24.0 Å². The molecular weight excluding hydrogens is 283 g/mol. The number of aliphatic hydroxyl groups excluding tert-OH is 1. The molecule has 0 amide bonds. The van der Waals surface area contributed by atoms with Crippen LogP contribution in [-0.4, -0.2) is 26.2 Å². The predicted octanol–water partition coefficient (Wildman–Crippen LogP) is 1.44. The first-order valence-corrected chi connectivity index (χ1v) is 8.15. The molecule has 1 aromatic rings. The van der Waals surface area contributed by atoms with Crippen LogP contribution in [0.15, 0.2) is 23.1 Å². The van der Waals surface area contributed by atoms with Gasteiger partial charge in [-0.15, -0.1) is 0 Å². The maximum absolute atomic E-state index is 13.8. The second-order valence-corrected chi connectivity index (χ2v) is 6.80. The van der Waals surface area contributed by atoms with E-state index in [4.69, 9.17) is 5.14 Å². The molecule has 1 aliphatic rings. The summed E-state index contributed by atoms with van der Waals surface area (Å²) >= 11 is 0. The molecule has 0 aromatic heterocycles. The molecule has 7 heteroatoms. The molecule has 0 bridgehead atoms. The third kappa shape index (κ3) is 3.91. The van der Waals surface area contributed by atoms with E-state index in [0.717, 1.165) is 31.7 Å². The van der Waals surface area contributed by atoms with Crippen molar-refractivity contribution in [3.8, 4) is 0 Å². The zero-order valence-corrected chi connectivity index (χ0v) is 11.9. The van der Waals surface area contributed by atoms with Crippen molar-refractivity contribution in [1.29, 1.82) is 0 Å². The number of primary sulfonamides is 1. The van der Waals surface area contributed by atoms with Crippen LogP contribution in [0.1, 0.15) is 25.7 Å². The summed E-state index contributed by atoms with van der Waals surface area (Å²) in [4.78, 5) is -0.235. The summed E-state index contributed by atoms with van der Waals surface area (Å²) in [6, 6.07) is 3.58. The van der Waals surface area contributed by atoms with E-state index in [0.29, 0.717) is 12.5 Å². The summed E-state index contributed by atoms with van der Waals surface area (Å²) in [6.07, 6.45) is 3.16. The minimum Gasteiger partial charge on any atom is -0.393 e. The number of nitrogens with one attached hydrogen (secondary N) is 1. The molecule has 0 radical (unpaired) electrons. The van der Waals surface area contributed by atoms with Crippen molar-refractivity contribution < 1.29 is 17.9 Å². The number of aliphatic hydroxyl groups is 1. The van der Waals surface area contributed by atoms with E-state index in [2.05, 4.69) is 5.32 Å².